The highest BCUT2D eigenvalue weighted by molar-refractivity contribution is 7.91. The van der Waals surface area contributed by atoms with Crippen LogP contribution in [-0.4, -0.2) is 72.0 Å². The van der Waals surface area contributed by atoms with Crippen molar-refractivity contribution in [3.8, 4) is 0 Å². The second-order valence-electron chi connectivity index (χ2n) is 9.68. The van der Waals surface area contributed by atoms with Gasteiger partial charge >= 0.3 is 6.18 Å². The van der Waals surface area contributed by atoms with Crippen LogP contribution in [-0.2, 0) is 22.0 Å². The molecule has 0 bridgehead atoms. The number of hydrogen-bond donors (Lipinski definition) is 1. The Labute approximate surface area is 216 Å². The smallest absolute Gasteiger partial charge is 0.369 e. The van der Waals surface area contributed by atoms with Crippen LogP contribution < -0.4 is 5.73 Å². The number of aromatic nitrogens is 1. The standard InChI is InChI=1S/C24H26F5N5O3S/c1-22(17-11-15(3-5-18(17)26)12-20(35)19-6-4-16(25)13-31-19)23(38(36,37)33(2)21(30)32-22)7-9-34(14-23)10-8-24(27,28)29/h3-6,11,13H,7-10,12,14H2,1-2H3,(H2,30,32)/t22-,23-/m1/s1. The van der Waals surface area contributed by atoms with Crippen molar-refractivity contribution in [1.29, 1.82) is 0 Å². The van der Waals surface area contributed by atoms with Crippen LogP contribution in [0.1, 0.15) is 41.4 Å². The first kappa shape index (κ1) is 27.9. The largest absolute Gasteiger partial charge is 0.390 e. The number of hydrogen-bond acceptors (Lipinski definition) is 7. The zero-order valence-corrected chi connectivity index (χ0v) is 21.4. The minimum atomic E-state index is -4.43. The van der Waals surface area contributed by atoms with E-state index in [9.17, 15) is 30.8 Å². The molecule has 0 unspecified atom stereocenters. The average Bonchev–Trinajstić information content (AvgIpc) is 3.29. The molecular weight excluding hydrogens is 533 g/mol. The Morgan fingerprint density at radius 2 is 1.89 bits per heavy atom. The van der Waals surface area contributed by atoms with Gasteiger partial charge in [0.15, 0.2) is 5.78 Å². The van der Waals surface area contributed by atoms with Crippen molar-refractivity contribution in [2.24, 2.45) is 10.7 Å². The number of ketones is 1. The highest BCUT2D eigenvalue weighted by atomic mass is 32.2. The van der Waals surface area contributed by atoms with E-state index in [0.717, 1.165) is 22.6 Å². The predicted octanol–water partition coefficient (Wildman–Crippen LogP) is 2.99. The number of Topliss-reactive ketones (excluding diaryl/α,β-unsaturated/α-hetero) is 1. The number of rotatable bonds is 6. The van der Waals surface area contributed by atoms with Gasteiger partial charge in [-0.15, -0.1) is 0 Å². The third-order valence-corrected chi connectivity index (χ3v) is 9.98. The summed E-state index contributed by atoms with van der Waals surface area (Å²) < 4.78 is 93.7. The summed E-state index contributed by atoms with van der Waals surface area (Å²) in [5.74, 6) is -2.32. The van der Waals surface area contributed by atoms with Crippen molar-refractivity contribution >= 4 is 21.8 Å². The van der Waals surface area contributed by atoms with Gasteiger partial charge < -0.3 is 10.6 Å². The van der Waals surface area contributed by atoms with Gasteiger partial charge in [0.05, 0.1) is 12.6 Å². The van der Waals surface area contributed by atoms with Crippen LogP contribution in [0.15, 0.2) is 41.5 Å². The minimum Gasteiger partial charge on any atom is -0.369 e. The number of nitrogens with two attached hydrogens (primary N) is 1. The number of pyridine rings is 1. The van der Waals surface area contributed by atoms with E-state index in [4.69, 9.17) is 5.73 Å². The molecule has 1 aromatic heterocycles. The molecule has 4 rings (SSSR count). The number of aliphatic imine (C=N–C) groups is 1. The van der Waals surface area contributed by atoms with Gasteiger partial charge in [-0.1, -0.05) is 6.07 Å². The maximum atomic E-state index is 15.4. The van der Waals surface area contributed by atoms with Crippen LogP contribution in [0.25, 0.3) is 0 Å². The molecule has 0 saturated carbocycles. The van der Waals surface area contributed by atoms with E-state index in [1.165, 1.54) is 37.1 Å². The first-order chi connectivity index (χ1) is 17.6. The lowest BCUT2D eigenvalue weighted by molar-refractivity contribution is -0.137. The van der Waals surface area contributed by atoms with Crippen LogP contribution in [0.2, 0.25) is 0 Å². The molecule has 2 aliphatic rings. The number of carbonyl (C=O) groups is 1. The topological polar surface area (TPSA) is 109 Å². The summed E-state index contributed by atoms with van der Waals surface area (Å²) in [7, 11) is -3.13. The molecule has 0 amide bonds. The summed E-state index contributed by atoms with van der Waals surface area (Å²) >= 11 is 0. The third-order valence-electron chi connectivity index (χ3n) is 7.36. The first-order valence-corrected chi connectivity index (χ1v) is 13.1. The van der Waals surface area contributed by atoms with Gasteiger partial charge in [-0.05, 0) is 49.7 Å². The van der Waals surface area contributed by atoms with Crippen molar-refractivity contribution in [3.05, 3.63) is 65.0 Å². The van der Waals surface area contributed by atoms with E-state index in [1.54, 1.807) is 0 Å². The third kappa shape index (κ3) is 4.75. The van der Waals surface area contributed by atoms with Crippen LogP contribution in [0.5, 0.6) is 0 Å². The molecule has 1 aromatic carbocycles. The van der Waals surface area contributed by atoms with Crippen molar-refractivity contribution in [2.45, 2.75) is 42.6 Å². The molecule has 2 atom stereocenters. The quantitative estimate of drug-likeness (QED) is 0.431. The van der Waals surface area contributed by atoms with E-state index in [-0.39, 0.29) is 37.2 Å². The number of halogens is 5. The van der Waals surface area contributed by atoms with Gasteiger partial charge in [0.25, 0.3) is 0 Å². The average molecular weight is 560 g/mol. The van der Waals surface area contributed by atoms with Gasteiger partial charge in [0, 0.05) is 32.1 Å². The van der Waals surface area contributed by atoms with Gasteiger partial charge in [0.2, 0.25) is 16.0 Å². The number of sulfonamides is 1. The van der Waals surface area contributed by atoms with Crippen molar-refractivity contribution in [1.82, 2.24) is 14.2 Å². The zero-order valence-electron chi connectivity index (χ0n) is 20.6. The maximum Gasteiger partial charge on any atom is 0.390 e. The van der Waals surface area contributed by atoms with Crippen LogP contribution in [0.3, 0.4) is 0 Å². The Balaban J connectivity index is 1.76. The van der Waals surface area contributed by atoms with E-state index >= 15 is 4.39 Å². The molecule has 2 aromatic rings. The lowest BCUT2D eigenvalue weighted by Gasteiger charge is -2.48. The summed E-state index contributed by atoms with van der Waals surface area (Å²) in [5.41, 5.74) is 4.25. The fraction of sp³-hybridized carbons (Fsp3) is 0.458. The summed E-state index contributed by atoms with van der Waals surface area (Å²) in [6.07, 6.45) is -5.05. The molecule has 3 heterocycles. The molecule has 1 spiro atoms. The SMILES string of the molecule is CN1C(N)=N[C@](C)(c2cc(CC(=O)c3ccc(F)cn3)ccc2F)[C@]2(CCN(CCC(F)(F)F)C2)S1(=O)=O. The lowest BCUT2D eigenvalue weighted by Crippen LogP contribution is -2.66. The van der Waals surface area contributed by atoms with Crippen LogP contribution >= 0.6 is 0 Å². The molecule has 2 N–H and O–H groups in total. The summed E-state index contributed by atoms with van der Waals surface area (Å²) in [4.78, 5) is 22.2. The highest BCUT2D eigenvalue weighted by Crippen LogP contribution is 2.51. The number of guanidine groups is 1. The molecule has 0 radical (unpaired) electrons. The fourth-order valence-electron chi connectivity index (χ4n) is 5.16. The predicted molar refractivity (Wildman–Crippen MR) is 129 cm³/mol. The number of likely N-dealkylation sites (tertiary alicyclic amines) is 1. The molecule has 38 heavy (non-hydrogen) atoms. The molecule has 1 fully saturated rings. The van der Waals surface area contributed by atoms with Crippen LogP contribution in [0.4, 0.5) is 22.0 Å². The fourth-order valence-corrected chi connectivity index (χ4v) is 7.32. The monoisotopic (exact) mass is 559 g/mol. The highest BCUT2D eigenvalue weighted by Gasteiger charge is 2.66. The van der Waals surface area contributed by atoms with Gasteiger partial charge in [-0.25, -0.2) is 26.5 Å². The Morgan fingerprint density at radius 3 is 2.53 bits per heavy atom. The lowest BCUT2D eigenvalue weighted by atomic mass is 9.77. The number of alkyl halides is 3. The van der Waals surface area contributed by atoms with Crippen molar-refractivity contribution < 1.29 is 35.2 Å². The molecule has 2 aliphatic heterocycles. The molecule has 14 heteroatoms. The Hall–Kier alpha value is -3.13. The molecule has 0 aliphatic carbocycles. The Bertz CT molecular complexity index is 1380. The number of benzene rings is 1. The van der Waals surface area contributed by atoms with E-state index in [1.807, 2.05) is 0 Å². The van der Waals surface area contributed by atoms with E-state index in [0.29, 0.717) is 5.56 Å². The summed E-state index contributed by atoms with van der Waals surface area (Å²) in [6.45, 7) is 0.653. The van der Waals surface area contributed by atoms with Gasteiger partial charge in [-0.2, -0.15) is 13.2 Å². The second-order valence-corrected chi connectivity index (χ2v) is 12.0. The molecular formula is C24H26F5N5O3S. The Kier molecular flexibility index (Phi) is 7.02. The first-order valence-electron chi connectivity index (χ1n) is 11.7. The zero-order chi connectivity index (χ0) is 28.1. The molecule has 8 nitrogen and oxygen atoms in total. The van der Waals surface area contributed by atoms with Crippen molar-refractivity contribution in [3.63, 3.8) is 0 Å². The maximum absolute atomic E-state index is 15.4. The minimum absolute atomic E-state index is 0.0137. The van der Waals surface area contributed by atoms with E-state index < -0.39 is 62.8 Å². The van der Waals surface area contributed by atoms with Gasteiger partial charge in [0.1, 0.15) is 27.6 Å². The summed E-state index contributed by atoms with van der Waals surface area (Å²) in [5, 5.41) is 0. The van der Waals surface area contributed by atoms with E-state index in [2.05, 4.69) is 9.98 Å². The number of carbonyl (C=O) groups excluding carboxylic acids is 1. The van der Waals surface area contributed by atoms with Crippen molar-refractivity contribution in [2.75, 3.05) is 26.7 Å². The normalized spacial score (nSPS) is 25.6. The molecule has 1 saturated heterocycles. The molecule has 206 valence electrons. The number of nitrogens with zero attached hydrogens (tertiary/aromatic N) is 4. The summed E-state index contributed by atoms with van der Waals surface area (Å²) in [6, 6.07) is 6.02. The van der Waals surface area contributed by atoms with Gasteiger partial charge in [-0.3, -0.25) is 9.78 Å². The Morgan fingerprint density at radius 1 is 1.18 bits per heavy atom. The second kappa shape index (κ2) is 9.56. The van der Waals surface area contributed by atoms with Crippen LogP contribution in [0, 0.1) is 11.6 Å².